The molecule has 1 N–H and O–H groups in total. The van der Waals surface area contributed by atoms with Crippen LogP contribution in [0.25, 0.3) is 0 Å². The van der Waals surface area contributed by atoms with Crippen molar-refractivity contribution in [3.8, 4) is 11.5 Å². The van der Waals surface area contributed by atoms with Gasteiger partial charge < -0.3 is 24.2 Å². The van der Waals surface area contributed by atoms with Crippen molar-refractivity contribution in [1.82, 2.24) is 4.90 Å². The number of hydrogen-bond donors (Lipinski definition) is 1. The van der Waals surface area contributed by atoms with Crippen LogP contribution < -0.4 is 9.47 Å². The van der Waals surface area contributed by atoms with Gasteiger partial charge in [0, 0.05) is 31.3 Å². The second-order valence-electron chi connectivity index (χ2n) is 9.33. The zero-order chi connectivity index (χ0) is 22.9. The van der Waals surface area contributed by atoms with E-state index in [-0.39, 0.29) is 11.8 Å². The summed E-state index contributed by atoms with van der Waals surface area (Å²) >= 11 is 0. The molecule has 0 aromatic heterocycles. The van der Waals surface area contributed by atoms with Crippen LogP contribution in [0.5, 0.6) is 11.5 Å². The molecule has 0 radical (unpaired) electrons. The summed E-state index contributed by atoms with van der Waals surface area (Å²) in [6.07, 6.45) is -1.52. The maximum Gasteiger partial charge on any atom is 0.303 e. The first-order valence-corrected chi connectivity index (χ1v) is 10.3. The Balaban J connectivity index is 2.39. The molecule has 2 rings (SSSR count). The number of ether oxygens (including phenoxy) is 3. The van der Waals surface area contributed by atoms with Gasteiger partial charge in [-0.3, -0.25) is 9.59 Å². The lowest BCUT2D eigenvalue weighted by atomic mass is 9.72. The van der Waals surface area contributed by atoms with Crippen LogP contribution in [0.4, 0.5) is 0 Å². The quantitative estimate of drug-likeness (QED) is 0.711. The van der Waals surface area contributed by atoms with Crippen molar-refractivity contribution in [1.29, 1.82) is 0 Å². The van der Waals surface area contributed by atoms with Crippen molar-refractivity contribution in [3.05, 3.63) is 23.8 Å². The van der Waals surface area contributed by atoms with Crippen LogP contribution in [0.15, 0.2) is 18.2 Å². The first-order chi connectivity index (χ1) is 13.8. The Hall–Kier alpha value is -2.28. The highest BCUT2D eigenvalue weighted by Crippen LogP contribution is 2.47. The van der Waals surface area contributed by atoms with E-state index in [9.17, 15) is 14.7 Å². The van der Waals surface area contributed by atoms with Crippen LogP contribution in [0, 0.1) is 5.41 Å². The molecule has 4 atom stereocenters. The standard InChI is InChI=1S/C23H35NO6/c1-14(29-16(3)26)21(27)24-12-18(23(7,13-24)15(2)25)17-9-10-19(28-8)20(11-17)30-22(4,5)6/h9-11,14-15,18,25H,12-13H2,1-8H3/t14-,15?,18?,23?/m0/s1. The van der Waals surface area contributed by atoms with Gasteiger partial charge in [-0.1, -0.05) is 13.0 Å². The normalized spacial score (nSPS) is 23.6. The van der Waals surface area contributed by atoms with Crippen molar-refractivity contribution >= 4 is 11.9 Å². The van der Waals surface area contributed by atoms with Crippen molar-refractivity contribution in [3.63, 3.8) is 0 Å². The van der Waals surface area contributed by atoms with Crippen molar-refractivity contribution in [2.24, 2.45) is 5.41 Å². The molecule has 30 heavy (non-hydrogen) atoms. The molecule has 1 aromatic rings. The lowest BCUT2D eigenvalue weighted by Gasteiger charge is -2.34. The Bertz CT molecular complexity index is 784. The third-order valence-corrected chi connectivity index (χ3v) is 5.69. The number of nitrogens with zero attached hydrogens (tertiary/aromatic N) is 1. The molecular weight excluding hydrogens is 386 g/mol. The van der Waals surface area contributed by atoms with E-state index < -0.39 is 29.2 Å². The predicted molar refractivity (Wildman–Crippen MR) is 114 cm³/mol. The molecule has 0 spiro atoms. The average Bonchev–Trinajstić information content (AvgIpc) is 2.98. The van der Waals surface area contributed by atoms with Gasteiger partial charge in [-0.25, -0.2) is 0 Å². The van der Waals surface area contributed by atoms with Crippen molar-refractivity contribution in [2.75, 3.05) is 20.2 Å². The summed E-state index contributed by atoms with van der Waals surface area (Å²) < 4.78 is 16.6. The van der Waals surface area contributed by atoms with Crippen LogP contribution in [-0.4, -0.2) is 59.9 Å². The third kappa shape index (κ3) is 5.25. The summed E-state index contributed by atoms with van der Waals surface area (Å²) in [4.78, 5) is 25.8. The molecule has 168 valence electrons. The highest BCUT2D eigenvalue weighted by molar-refractivity contribution is 5.83. The van der Waals surface area contributed by atoms with E-state index in [0.717, 1.165) is 5.56 Å². The van der Waals surface area contributed by atoms with Crippen molar-refractivity contribution in [2.45, 2.75) is 72.2 Å². The second kappa shape index (κ2) is 8.84. The minimum absolute atomic E-state index is 0.126. The summed E-state index contributed by atoms with van der Waals surface area (Å²) in [6, 6.07) is 5.73. The molecule has 1 aliphatic heterocycles. The van der Waals surface area contributed by atoms with E-state index in [4.69, 9.17) is 14.2 Å². The summed E-state index contributed by atoms with van der Waals surface area (Å²) in [7, 11) is 1.59. The zero-order valence-corrected chi connectivity index (χ0v) is 19.3. The van der Waals surface area contributed by atoms with Gasteiger partial charge in [-0.05, 0) is 52.3 Å². The Morgan fingerprint density at radius 3 is 2.37 bits per heavy atom. The van der Waals surface area contributed by atoms with E-state index in [1.54, 1.807) is 25.9 Å². The van der Waals surface area contributed by atoms with E-state index >= 15 is 0 Å². The molecule has 1 aromatic carbocycles. The number of aliphatic hydroxyl groups excluding tert-OH is 1. The molecule has 0 aliphatic carbocycles. The molecule has 1 amide bonds. The van der Waals surface area contributed by atoms with Gasteiger partial charge in [0.1, 0.15) is 5.60 Å². The van der Waals surface area contributed by atoms with E-state index in [1.165, 1.54) is 6.92 Å². The number of benzene rings is 1. The Kier molecular flexibility index (Phi) is 7.07. The minimum atomic E-state index is -0.866. The van der Waals surface area contributed by atoms with Gasteiger partial charge in [-0.2, -0.15) is 0 Å². The minimum Gasteiger partial charge on any atom is -0.493 e. The summed E-state index contributed by atoms with van der Waals surface area (Å²) in [5.41, 5.74) is -0.0237. The molecule has 0 bridgehead atoms. The number of methoxy groups -OCH3 is 1. The van der Waals surface area contributed by atoms with Gasteiger partial charge in [0.25, 0.3) is 5.91 Å². The monoisotopic (exact) mass is 421 g/mol. The molecule has 1 aliphatic rings. The van der Waals surface area contributed by atoms with Gasteiger partial charge >= 0.3 is 5.97 Å². The molecule has 7 heteroatoms. The fourth-order valence-corrected chi connectivity index (χ4v) is 3.97. The smallest absolute Gasteiger partial charge is 0.303 e. The van der Waals surface area contributed by atoms with Crippen LogP contribution in [0.3, 0.4) is 0 Å². The summed E-state index contributed by atoms with van der Waals surface area (Å²) in [5, 5.41) is 10.6. The number of carbonyl (C=O) groups is 2. The molecule has 1 fully saturated rings. The fraction of sp³-hybridized carbons (Fsp3) is 0.652. The van der Waals surface area contributed by atoms with E-state index in [1.807, 2.05) is 45.9 Å². The lowest BCUT2D eigenvalue weighted by molar-refractivity contribution is -0.157. The highest BCUT2D eigenvalue weighted by Gasteiger charge is 2.49. The van der Waals surface area contributed by atoms with Gasteiger partial charge in [0.2, 0.25) is 0 Å². The predicted octanol–water partition coefficient (Wildman–Crippen LogP) is 3.14. The maximum absolute atomic E-state index is 12.8. The number of rotatable bonds is 6. The molecular formula is C23H35NO6. The molecule has 0 saturated carbocycles. The number of aliphatic hydroxyl groups is 1. The SMILES string of the molecule is COc1ccc(C2CN(C(=O)[C@H](C)OC(C)=O)CC2(C)C(C)O)cc1OC(C)(C)C. The summed E-state index contributed by atoms with van der Waals surface area (Å²) in [5.74, 6) is 0.359. The first kappa shape index (κ1) is 24.0. The number of amides is 1. The number of carbonyl (C=O) groups excluding carboxylic acids is 2. The number of esters is 1. The zero-order valence-electron chi connectivity index (χ0n) is 19.3. The van der Waals surface area contributed by atoms with Gasteiger partial charge in [0.15, 0.2) is 17.6 Å². The van der Waals surface area contributed by atoms with Crippen LogP contribution in [0.2, 0.25) is 0 Å². The maximum atomic E-state index is 12.8. The second-order valence-corrected chi connectivity index (χ2v) is 9.33. The molecule has 1 saturated heterocycles. The van der Waals surface area contributed by atoms with E-state index in [2.05, 4.69) is 0 Å². The Morgan fingerprint density at radius 2 is 1.87 bits per heavy atom. The summed E-state index contributed by atoms with van der Waals surface area (Å²) in [6.45, 7) is 13.2. The van der Waals surface area contributed by atoms with Gasteiger partial charge in [-0.15, -0.1) is 0 Å². The molecule has 3 unspecified atom stereocenters. The average molecular weight is 422 g/mol. The number of hydrogen-bond acceptors (Lipinski definition) is 6. The van der Waals surface area contributed by atoms with Crippen LogP contribution in [-0.2, 0) is 14.3 Å². The third-order valence-electron chi connectivity index (χ3n) is 5.69. The molecule has 1 heterocycles. The number of likely N-dealkylation sites (tertiary alicyclic amines) is 1. The van der Waals surface area contributed by atoms with Crippen LogP contribution >= 0.6 is 0 Å². The van der Waals surface area contributed by atoms with E-state index in [0.29, 0.717) is 24.6 Å². The lowest BCUT2D eigenvalue weighted by Crippen LogP contribution is -2.41. The van der Waals surface area contributed by atoms with Gasteiger partial charge in [0.05, 0.1) is 13.2 Å². The van der Waals surface area contributed by atoms with Crippen molar-refractivity contribution < 1.29 is 28.9 Å². The fourth-order valence-electron chi connectivity index (χ4n) is 3.97. The molecule has 7 nitrogen and oxygen atoms in total. The first-order valence-electron chi connectivity index (χ1n) is 10.3. The highest BCUT2D eigenvalue weighted by atomic mass is 16.5. The largest absolute Gasteiger partial charge is 0.493 e. The topological polar surface area (TPSA) is 85.3 Å². The Labute approximate surface area is 179 Å². The Morgan fingerprint density at radius 1 is 1.23 bits per heavy atom. The van der Waals surface area contributed by atoms with Crippen LogP contribution in [0.1, 0.15) is 59.9 Å².